The van der Waals surface area contributed by atoms with Gasteiger partial charge in [0.15, 0.2) is 0 Å². The Morgan fingerprint density at radius 2 is 2.27 bits per heavy atom. The van der Waals surface area contributed by atoms with Crippen molar-refractivity contribution >= 4 is 5.91 Å². The van der Waals surface area contributed by atoms with Gasteiger partial charge in [0.2, 0.25) is 5.91 Å². The van der Waals surface area contributed by atoms with Crippen molar-refractivity contribution in [2.45, 2.75) is 33.6 Å². The van der Waals surface area contributed by atoms with Gasteiger partial charge < -0.3 is 10.2 Å². The molecule has 3 heteroatoms. The number of nitrogens with zero attached hydrogens (tertiary/aromatic N) is 1. The molecule has 1 unspecified atom stereocenters. The molecule has 1 saturated heterocycles. The van der Waals surface area contributed by atoms with E-state index in [0.717, 1.165) is 39.0 Å². The fraction of sp³-hybridized carbons (Fsp3) is 0.917. The third-order valence-corrected chi connectivity index (χ3v) is 3.22. The summed E-state index contributed by atoms with van der Waals surface area (Å²) in [6, 6.07) is 0. The second-order valence-electron chi connectivity index (χ2n) is 4.76. The largest absolute Gasteiger partial charge is 0.342 e. The van der Waals surface area contributed by atoms with Crippen molar-refractivity contribution in [2.24, 2.45) is 11.8 Å². The lowest BCUT2D eigenvalue weighted by Gasteiger charge is -2.17. The molecule has 0 bridgehead atoms. The maximum atomic E-state index is 11.7. The Labute approximate surface area is 93.2 Å². The van der Waals surface area contributed by atoms with Gasteiger partial charge in [0, 0.05) is 19.5 Å². The van der Waals surface area contributed by atoms with E-state index in [2.05, 4.69) is 26.1 Å². The van der Waals surface area contributed by atoms with Crippen molar-refractivity contribution in [3.63, 3.8) is 0 Å². The minimum Gasteiger partial charge on any atom is -0.342 e. The van der Waals surface area contributed by atoms with E-state index in [-0.39, 0.29) is 0 Å². The zero-order chi connectivity index (χ0) is 11.3. The summed E-state index contributed by atoms with van der Waals surface area (Å²) in [6.45, 7) is 10.5. The van der Waals surface area contributed by atoms with Crippen molar-refractivity contribution in [3.05, 3.63) is 0 Å². The Morgan fingerprint density at radius 3 is 2.80 bits per heavy atom. The molecule has 0 aromatic carbocycles. The monoisotopic (exact) mass is 212 g/mol. The Balaban J connectivity index is 2.22. The first-order chi connectivity index (χ1) is 7.15. The number of carbonyl (C=O) groups is 1. The molecule has 1 rings (SSSR count). The Morgan fingerprint density at radius 1 is 1.53 bits per heavy atom. The van der Waals surface area contributed by atoms with Crippen LogP contribution in [0.3, 0.4) is 0 Å². The van der Waals surface area contributed by atoms with Crippen molar-refractivity contribution in [1.82, 2.24) is 10.2 Å². The van der Waals surface area contributed by atoms with Gasteiger partial charge in [-0.2, -0.15) is 0 Å². The van der Waals surface area contributed by atoms with Gasteiger partial charge in [-0.25, -0.2) is 0 Å². The summed E-state index contributed by atoms with van der Waals surface area (Å²) in [7, 11) is 0. The number of hydrogen-bond donors (Lipinski definition) is 1. The van der Waals surface area contributed by atoms with E-state index < -0.39 is 0 Å². The molecule has 1 aliphatic rings. The molecule has 0 aliphatic carbocycles. The van der Waals surface area contributed by atoms with Crippen LogP contribution in [0.4, 0.5) is 0 Å². The Kier molecular flexibility index (Phi) is 5.09. The maximum Gasteiger partial charge on any atom is 0.222 e. The van der Waals surface area contributed by atoms with Gasteiger partial charge in [-0.05, 0) is 31.3 Å². The van der Waals surface area contributed by atoms with Crippen LogP contribution >= 0.6 is 0 Å². The minimum absolute atomic E-state index is 0.352. The van der Waals surface area contributed by atoms with Crippen molar-refractivity contribution in [3.8, 4) is 0 Å². The molecular weight excluding hydrogens is 188 g/mol. The van der Waals surface area contributed by atoms with Gasteiger partial charge in [0.05, 0.1) is 0 Å². The highest BCUT2D eigenvalue weighted by Gasteiger charge is 2.30. The summed E-state index contributed by atoms with van der Waals surface area (Å²) in [5.74, 6) is 1.56. The molecule has 0 aromatic heterocycles. The average Bonchev–Trinajstić information content (AvgIpc) is 2.55. The topological polar surface area (TPSA) is 32.3 Å². The minimum atomic E-state index is 0.352. The van der Waals surface area contributed by atoms with Crippen LogP contribution in [0.25, 0.3) is 0 Å². The predicted octanol–water partition coefficient (Wildman–Crippen LogP) is 1.49. The van der Waals surface area contributed by atoms with Gasteiger partial charge in [0.25, 0.3) is 0 Å². The third kappa shape index (κ3) is 3.82. The van der Waals surface area contributed by atoms with Gasteiger partial charge in [0.1, 0.15) is 0 Å². The van der Waals surface area contributed by atoms with Crippen LogP contribution in [0, 0.1) is 11.8 Å². The summed E-state index contributed by atoms with van der Waals surface area (Å²) < 4.78 is 0. The molecular formula is C12H24N2O. The van der Waals surface area contributed by atoms with Crippen LogP contribution in [0.2, 0.25) is 0 Å². The molecule has 15 heavy (non-hydrogen) atoms. The molecule has 1 fully saturated rings. The molecule has 3 nitrogen and oxygen atoms in total. The molecule has 1 atom stereocenters. The van der Waals surface area contributed by atoms with Crippen LogP contribution in [0.5, 0.6) is 0 Å². The zero-order valence-electron chi connectivity index (χ0n) is 10.3. The van der Waals surface area contributed by atoms with Gasteiger partial charge in [-0.15, -0.1) is 0 Å². The molecule has 0 aromatic rings. The van der Waals surface area contributed by atoms with E-state index >= 15 is 0 Å². The Bertz CT molecular complexity index is 204. The van der Waals surface area contributed by atoms with Crippen LogP contribution in [-0.4, -0.2) is 37.0 Å². The summed E-state index contributed by atoms with van der Waals surface area (Å²) in [5, 5.41) is 3.28. The van der Waals surface area contributed by atoms with E-state index in [4.69, 9.17) is 0 Å². The summed E-state index contributed by atoms with van der Waals surface area (Å²) in [5.41, 5.74) is 0. The van der Waals surface area contributed by atoms with Crippen LogP contribution < -0.4 is 5.32 Å². The van der Waals surface area contributed by atoms with E-state index in [1.165, 1.54) is 0 Å². The number of likely N-dealkylation sites (tertiary alicyclic amines) is 1. The number of rotatable bonds is 6. The summed E-state index contributed by atoms with van der Waals surface area (Å²) >= 11 is 0. The van der Waals surface area contributed by atoms with Gasteiger partial charge >= 0.3 is 0 Å². The molecule has 0 saturated carbocycles. The van der Waals surface area contributed by atoms with E-state index in [9.17, 15) is 4.79 Å². The SMILES string of the molecule is CCNCCCN1CC(C(C)C)CC1=O. The first kappa shape index (κ1) is 12.5. The van der Waals surface area contributed by atoms with Crippen LogP contribution in [0.1, 0.15) is 33.6 Å². The summed E-state index contributed by atoms with van der Waals surface area (Å²) in [4.78, 5) is 13.7. The summed E-state index contributed by atoms with van der Waals surface area (Å²) in [6.07, 6.45) is 1.84. The molecule has 0 spiro atoms. The highest BCUT2D eigenvalue weighted by molar-refractivity contribution is 5.78. The molecule has 1 N–H and O–H groups in total. The Hall–Kier alpha value is -0.570. The smallest absolute Gasteiger partial charge is 0.222 e. The van der Waals surface area contributed by atoms with Crippen molar-refractivity contribution < 1.29 is 4.79 Å². The molecule has 1 heterocycles. The molecule has 0 radical (unpaired) electrons. The second-order valence-corrected chi connectivity index (χ2v) is 4.76. The second kappa shape index (κ2) is 6.11. The first-order valence-electron chi connectivity index (χ1n) is 6.13. The van der Waals surface area contributed by atoms with E-state index in [1.54, 1.807) is 0 Å². The molecule has 1 amide bonds. The number of hydrogen-bond acceptors (Lipinski definition) is 2. The van der Waals surface area contributed by atoms with Crippen molar-refractivity contribution in [2.75, 3.05) is 26.2 Å². The van der Waals surface area contributed by atoms with E-state index in [0.29, 0.717) is 17.7 Å². The molecule has 88 valence electrons. The fourth-order valence-corrected chi connectivity index (χ4v) is 2.04. The van der Waals surface area contributed by atoms with Crippen molar-refractivity contribution in [1.29, 1.82) is 0 Å². The number of nitrogens with one attached hydrogen (secondary N) is 1. The van der Waals surface area contributed by atoms with Gasteiger partial charge in [-0.3, -0.25) is 4.79 Å². The maximum absolute atomic E-state index is 11.7. The fourth-order valence-electron chi connectivity index (χ4n) is 2.04. The third-order valence-electron chi connectivity index (χ3n) is 3.22. The molecule has 1 aliphatic heterocycles. The quantitative estimate of drug-likeness (QED) is 0.677. The van der Waals surface area contributed by atoms with Crippen LogP contribution in [-0.2, 0) is 4.79 Å². The lowest BCUT2D eigenvalue weighted by molar-refractivity contribution is -0.127. The first-order valence-corrected chi connectivity index (χ1v) is 6.13. The highest BCUT2D eigenvalue weighted by Crippen LogP contribution is 2.24. The predicted molar refractivity (Wildman–Crippen MR) is 62.7 cm³/mol. The lowest BCUT2D eigenvalue weighted by atomic mass is 9.95. The van der Waals surface area contributed by atoms with Crippen LogP contribution in [0.15, 0.2) is 0 Å². The number of amides is 1. The van der Waals surface area contributed by atoms with E-state index in [1.807, 2.05) is 4.90 Å². The van der Waals surface area contributed by atoms with Gasteiger partial charge in [-0.1, -0.05) is 20.8 Å². The lowest BCUT2D eigenvalue weighted by Crippen LogP contribution is -2.29. The number of carbonyl (C=O) groups excluding carboxylic acids is 1. The average molecular weight is 212 g/mol. The zero-order valence-corrected chi connectivity index (χ0v) is 10.3. The normalized spacial score (nSPS) is 21.7. The standard InChI is InChI=1S/C12H24N2O/c1-4-13-6-5-7-14-9-11(10(2)3)8-12(14)15/h10-11,13H,4-9H2,1-3H3. The highest BCUT2D eigenvalue weighted by atomic mass is 16.2.